The first-order valence-corrected chi connectivity index (χ1v) is 10.2. The molecule has 0 amide bonds. The van der Waals surface area contributed by atoms with E-state index in [0.29, 0.717) is 12.2 Å². The summed E-state index contributed by atoms with van der Waals surface area (Å²) in [5, 5.41) is 13.8. The lowest BCUT2D eigenvalue weighted by Gasteiger charge is -2.34. The van der Waals surface area contributed by atoms with Crippen molar-refractivity contribution in [2.45, 2.75) is 12.5 Å². The zero-order chi connectivity index (χ0) is 21.8. The molecule has 0 bridgehead atoms. The molecule has 2 heterocycles. The normalized spacial score (nSPS) is 14.9. The quantitative estimate of drug-likeness (QED) is 0.486. The number of ether oxygens (including phenoxy) is 1. The van der Waals surface area contributed by atoms with Gasteiger partial charge >= 0.3 is 5.97 Å². The molecule has 0 saturated carbocycles. The Hall–Kier alpha value is -2.59. The molecule has 0 spiro atoms. The number of hydrogen-bond acceptors (Lipinski definition) is 7. The van der Waals surface area contributed by atoms with Gasteiger partial charge < -0.3 is 25.0 Å². The lowest BCUT2D eigenvalue weighted by Crippen LogP contribution is -2.47. The van der Waals surface area contributed by atoms with Crippen LogP contribution in [0.1, 0.15) is 5.56 Å². The molecule has 1 atom stereocenters. The molecule has 0 aliphatic carbocycles. The fourth-order valence-electron chi connectivity index (χ4n) is 3.66. The first kappa shape index (κ1) is 26.7. The van der Waals surface area contributed by atoms with Gasteiger partial charge in [-0.3, -0.25) is 9.69 Å². The van der Waals surface area contributed by atoms with E-state index in [1.807, 2.05) is 24.3 Å². The lowest BCUT2D eigenvalue weighted by molar-refractivity contribution is -0.138. The Morgan fingerprint density at radius 2 is 1.85 bits per heavy atom. The van der Waals surface area contributed by atoms with Crippen LogP contribution in [0.15, 0.2) is 47.0 Å². The first-order valence-electron chi connectivity index (χ1n) is 10.2. The zero-order valence-electron chi connectivity index (χ0n) is 17.9. The summed E-state index contributed by atoms with van der Waals surface area (Å²) in [6.45, 7) is 4.69. The Morgan fingerprint density at radius 3 is 2.52 bits per heavy atom. The van der Waals surface area contributed by atoms with Crippen molar-refractivity contribution < 1.29 is 23.6 Å². The summed E-state index contributed by atoms with van der Waals surface area (Å²) >= 11 is 0. The average Bonchev–Trinajstić information content (AvgIpc) is 3.18. The molecule has 3 N–H and O–H groups in total. The molecule has 0 unspecified atom stereocenters. The smallest absolute Gasteiger partial charge is 0.320 e. The van der Waals surface area contributed by atoms with E-state index in [4.69, 9.17) is 20.1 Å². The molecule has 4 rings (SSSR count). The zero-order valence-corrected chi connectivity index (χ0v) is 19.5. The number of halogens is 3. The van der Waals surface area contributed by atoms with Crippen LogP contribution in [0.2, 0.25) is 0 Å². The van der Waals surface area contributed by atoms with E-state index in [0.717, 1.165) is 55.2 Å². The number of carbonyl (C=O) groups is 1. The highest BCUT2D eigenvalue weighted by molar-refractivity contribution is 5.88. The Bertz CT molecular complexity index is 1040. The summed E-state index contributed by atoms with van der Waals surface area (Å²) in [4.78, 5) is 15.3. The highest BCUT2D eigenvalue weighted by Crippen LogP contribution is 2.27. The number of carboxylic acids is 1. The number of benzene rings is 2. The summed E-state index contributed by atoms with van der Waals surface area (Å²) in [6.07, 6.45) is 0.287. The van der Waals surface area contributed by atoms with Gasteiger partial charge in [-0.15, -0.1) is 24.8 Å². The number of hydrogen-bond donors (Lipinski definition) is 2. The fraction of sp³-hybridized carbons (Fsp3) is 0.364. The van der Waals surface area contributed by atoms with Crippen LogP contribution < -0.4 is 15.4 Å². The summed E-state index contributed by atoms with van der Waals surface area (Å²) in [7, 11) is 0. The Morgan fingerprint density at radius 1 is 1.15 bits per heavy atom. The minimum Gasteiger partial charge on any atom is -0.492 e. The highest BCUT2D eigenvalue weighted by Gasteiger charge is 2.21. The van der Waals surface area contributed by atoms with Gasteiger partial charge in [0.05, 0.1) is 5.39 Å². The van der Waals surface area contributed by atoms with Crippen molar-refractivity contribution in [2.24, 2.45) is 5.73 Å². The minimum absolute atomic E-state index is 0. The number of nitrogens with zero attached hydrogens (tertiary/aromatic N) is 3. The van der Waals surface area contributed by atoms with Gasteiger partial charge in [0.1, 0.15) is 24.2 Å². The Balaban J connectivity index is 0.00000193. The van der Waals surface area contributed by atoms with Crippen LogP contribution in [0.3, 0.4) is 0 Å². The number of anilines is 1. The van der Waals surface area contributed by atoms with Gasteiger partial charge in [-0.25, -0.2) is 4.39 Å². The van der Waals surface area contributed by atoms with Gasteiger partial charge in [0.2, 0.25) is 0 Å². The number of nitrogens with two attached hydrogens (primary N) is 1. The molecule has 1 fully saturated rings. The molecule has 11 heteroatoms. The van der Waals surface area contributed by atoms with Gasteiger partial charge in [0, 0.05) is 38.8 Å². The number of rotatable bonds is 8. The molecule has 8 nitrogen and oxygen atoms in total. The second-order valence-corrected chi connectivity index (χ2v) is 7.62. The van der Waals surface area contributed by atoms with Gasteiger partial charge in [0.15, 0.2) is 11.4 Å². The van der Waals surface area contributed by atoms with Gasteiger partial charge in [-0.1, -0.05) is 17.3 Å². The molecule has 2 aromatic carbocycles. The molecular formula is C22H27Cl2FN4O4. The van der Waals surface area contributed by atoms with Crippen molar-refractivity contribution in [1.82, 2.24) is 10.1 Å². The van der Waals surface area contributed by atoms with Crippen molar-refractivity contribution >= 4 is 47.6 Å². The summed E-state index contributed by atoms with van der Waals surface area (Å²) < 4.78 is 24.4. The first-order chi connectivity index (χ1) is 15.0. The molecule has 1 aliphatic heterocycles. The van der Waals surface area contributed by atoms with Crippen LogP contribution in [0.25, 0.3) is 11.0 Å². The molecule has 0 radical (unpaired) electrons. The predicted octanol–water partition coefficient (Wildman–Crippen LogP) is 2.97. The van der Waals surface area contributed by atoms with Crippen LogP contribution in [0.5, 0.6) is 5.75 Å². The SMILES string of the molecule is Cl.Cl.N[C@@H](Cc1ccc(OCCN2CCN(c3noc4cc(F)ccc34)CC2)cc1)C(=O)O. The third-order valence-corrected chi connectivity index (χ3v) is 5.46. The second kappa shape index (κ2) is 12.0. The van der Waals surface area contributed by atoms with Crippen molar-refractivity contribution in [1.29, 1.82) is 0 Å². The van der Waals surface area contributed by atoms with E-state index in [1.54, 1.807) is 6.07 Å². The van der Waals surface area contributed by atoms with Crippen LogP contribution in [-0.4, -0.2) is 66.5 Å². The summed E-state index contributed by atoms with van der Waals surface area (Å²) in [6, 6.07) is 10.9. The summed E-state index contributed by atoms with van der Waals surface area (Å²) in [5.74, 6) is 0.158. The fourth-order valence-corrected chi connectivity index (χ4v) is 3.66. The third-order valence-electron chi connectivity index (χ3n) is 5.46. The maximum absolute atomic E-state index is 13.3. The second-order valence-electron chi connectivity index (χ2n) is 7.62. The molecular weight excluding hydrogens is 474 g/mol. The standard InChI is InChI=1S/C22H25FN4O4.2ClH/c23-16-3-6-18-20(14-16)31-25-21(18)27-9-7-26(8-10-27)11-12-30-17-4-1-15(2-5-17)13-19(24)22(28)29;;/h1-6,14,19H,7-13,24H2,(H,28,29);2*1H/t19-;;/m0../s1. The highest BCUT2D eigenvalue weighted by atomic mass is 35.5. The van der Waals surface area contributed by atoms with Gasteiger partial charge in [-0.2, -0.15) is 0 Å². The van der Waals surface area contributed by atoms with Crippen LogP contribution in [-0.2, 0) is 11.2 Å². The summed E-state index contributed by atoms with van der Waals surface area (Å²) in [5.41, 5.74) is 6.88. The number of carboxylic acid groups (broad SMARTS) is 1. The molecule has 1 saturated heterocycles. The monoisotopic (exact) mass is 500 g/mol. The number of aliphatic carboxylic acids is 1. The third kappa shape index (κ3) is 6.70. The average molecular weight is 501 g/mol. The number of aromatic nitrogens is 1. The maximum Gasteiger partial charge on any atom is 0.320 e. The van der Waals surface area contributed by atoms with Crippen LogP contribution >= 0.6 is 24.8 Å². The van der Waals surface area contributed by atoms with Gasteiger partial charge in [0.25, 0.3) is 0 Å². The van der Waals surface area contributed by atoms with Gasteiger partial charge in [-0.05, 0) is 36.2 Å². The number of piperazine rings is 1. The van der Waals surface area contributed by atoms with E-state index < -0.39 is 12.0 Å². The van der Waals surface area contributed by atoms with Crippen molar-refractivity contribution in [2.75, 3.05) is 44.2 Å². The molecule has 3 aromatic rings. The largest absolute Gasteiger partial charge is 0.492 e. The molecule has 1 aliphatic rings. The molecule has 180 valence electrons. The maximum atomic E-state index is 13.3. The van der Waals surface area contributed by atoms with E-state index in [9.17, 15) is 9.18 Å². The number of fused-ring (bicyclic) bond motifs is 1. The lowest BCUT2D eigenvalue weighted by atomic mass is 10.1. The van der Waals surface area contributed by atoms with Crippen LogP contribution in [0, 0.1) is 5.82 Å². The van der Waals surface area contributed by atoms with Crippen molar-refractivity contribution in [3.8, 4) is 5.75 Å². The van der Waals surface area contributed by atoms with E-state index in [1.165, 1.54) is 12.1 Å². The topological polar surface area (TPSA) is 105 Å². The Kier molecular flexibility index (Phi) is 9.72. The van der Waals surface area contributed by atoms with E-state index >= 15 is 0 Å². The predicted molar refractivity (Wildman–Crippen MR) is 128 cm³/mol. The Labute approximate surface area is 203 Å². The van der Waals surface area contributed by atoms with Crippen LogP contribution in [0.4, 0.5) is 10.2 Å². The molecule has 1 aromatic heterocycles. The minimum atomic E-state index is -1.01. The van der Waals surface area contributed by atoms with Crippen molar-refractivity contribution in [3.05, 3.63) is 53.8 Å². The molecule has 33 heavy (non-hydrogen) atoms. The van der Waals surface area contributed by atoms with E-state index in [2.05, 4.69) is 15.0 Å². The van der Waals surface area contributed by atoms with Crippen molar-refractivity contribution in [3.63, 3.8) is 0 Å². The van der Waals surface area contributed by atoms with E-state index in [-0.39, 0.29) is 37.1 Å².